The summed E-state index contributed by atoms with van der Waals surface area (Å²) in [6, 6.07) is 11.1. The van der Waals surface area contributed by atoms with Crippen molar-refractivity contribution >= 4 is 0 Å². The van der Waals surface area contributed by atoms with Gasteiger partial charge in [-0.15, -0.1) is 0 Å². The molecule has 1 N–H and O–H groups in total. The van der Waals surface area contributed by atoms with Gasteiger partial charge in [0.1, 0.15) is 11.9 Å². The van der Waals surface area contributed by atoms with Gasteiger partial charge < -0.3 is 19.3 Å². The van der Waals surface area contributed by atoms with Gasteiger partial charge in [-0.1, -0.05) is 12.1 Å². The Morgan fingerprint density at radius 3 is 2.57 bits per heavy atom. The van der Waals surface area contributed by atoms with E-state index >= 15 is 0 Å². The molecule has 1 aliphatic rings. The molecule has 0 amide bonds. The maximum atomic E-state index is 9.67. The molecule has 1 heterocycles. The Kier molecular flexibility index (Phi) is 3.71. The molecule has 0 spiro atoms. The number of phenolic OH excluding ortho intramolecular Hbond substituents is 1. The molecule has 0 bridgehead atoms. The summed E-state index contributed by atoms with van der Waals surface area (Å²) in [5.41, 5.74) is 3.18. The summed E-state index contributed by atoms with van der Waals surface area (Å²) in [5.74, 6) is 1.66. The van der Waals surface area contributed by atoms with Gasteiger partial charge in [0.25, 0.3) is 0 Å². The van der Waals surface area contributed by atoms with Crippen LogP contribution in [0.4, 0.5) is 0 Å². The number of rotatable bonds is 3. The Morgan fingerprint density at radius 2 is 1.86 bits per heavy atom. The molecule has 0 saturated heterocycles. The lowest BCUT2D eigenvalue weighted by molar-refractivity contribution is 0.0693. The van der Waals surface area contributed by atoms with Crippen molar-refractivity contribution in [1.29, 1.82) is 0 Å². The third-order valence-corrected chi connectivity index (χ3v) is 3.76. The summed E-state index contributed by atoms with van der Waals surface area (Å²) >= 11 is 0. The van der Waals surface area contributed by atoms with Crippen LogP contribution in [0.5, 0.6) is 17.2 Å². The Hall–Kier alpha value is -2.20. The monoisotopic (exact) mass is 286 g/mol. The van der Waals surface area contributed by atoms with Crippen LogP contribution in [0, 0.1) is 0 Å². The molecule has 1 aliphatic heterocycles. The maximum Gasteiger partial charge on any atom is 0.161 e. The first-order valence-electron chi connectivity index (χ1n) is 6.88. The summed E-state index contributed by atoms with van der Waals surface area (Å²) in [5, 5.41) is 9.67. The van der Waals surface area contributed by atoms with Crippen molar-refractivity contribution in [3.63, 3.8) is 0 Å². The Morgan fingerprint density at radius 1 is 1.10 bits per heavy atom. The van der Waals surface area contributed by atoms with Crippen molar-refractivity contribution < 1.29 is 19.3 Å². The fraction of sp³-hybridized carbons (Fsp3) is 0.294. The molecule has 4 nitrogen and oxygen atoms in total. The minimum absolute atomic E-state index is 0.194. The van der Waals surface area contributed by atoms with E-state index in [4.69, 9.17) is 14.2 Å². The maximum absolute atomic E-state index is 9.67. The Balaban J connectivity index is 2.09. The van der Waals surface area contributed by atoms with E-state index in [1.165, 1.54) is 5.56 Å². The van der Waals surface area contributed by atoms with Gasteiger partial charge >= 0.3 is 0 Å². The minimum Gasteiger partial charge on any atom is -0.508 e. The molecule has 0 saturated carbocycles. The van der Waals surface area contributed by atoms with Crippen molar-refractivity contribution in [2.24, 2.45) is 0 Å². The zero-order chi connectivity index (χ0) is 14.8. The Bertz CT molecular complexity index is 651. The van der Waals surface area contributed by atoms with Gasteiger partial charge in [-0.2, -0.15) is 0 Å². The second-order valence-corrected chi connectivity index (χ2v) is 5.00. The second kappa shape index (κ2) is 5.66. The molecule has 1 unspecified atom stereocenters. The van der Waals surface area contributed by atoms with E-state index in [2.05, 4.69) is 0 Å². The molecule has 110 valence electrons. The van der Waals surface area contributed by atoms with Crippen LogP contribution < -0.4 is 9.47 Å². The second-order valence-electron chi connectivity index (χ2n) is 5.00. The summed E-state index contributed by atoms with van der Waals surface area (Å²) in [6.45, 7) is 0.642. The number of aromatic hydroxyl groups is 1. The van der Waals surface area contributed by atoms with Crippen LogP contribution in [-0.4, -0.2) is 25.9 Å². The molecule has 2 aromatic carbocycles. The Labute approximate surface area is 123 Å². The molecule has 0 aromatic heterocycles. The van der Waals surface area contributed by atoms with Crippen molar-refractivity contribution in [3.8, 4) is 17.2 Å². The highest BCUT2D eigenvalue weighted by molar-refractivity contribution is 5.51. The standard InChI is InChI=1S/C17H18O4/c1-19-15-9-11-6-7-21-17(14(11)10-16(15)20-2)12-4-3-5-13(18)8-12/h3-5,8-10,17-18H,6-7H2,1-2H3. The topological polar surface area (TPSA) is 47.9 Å². The van der Waals surface area contributed by atoms with Gasteiger partial charge in [0.15, 0.2) is 11.5 Å². The molecule has 0 aliphatic carbocycles. The van der Waals surface area contributed by atoms with Gasteiger partial charge in [0, 0.05) is 0 Å². The number of ether oxygens (including phenoxy) is 3. The molecule has 2 aromatic rings. The molecular weight excluding hydrogens is 268 g/mol. The number of fused-ring (bicyclic) bond motifs is 1. The number of phenols is 1. The lowest BCUT2D eigenvalue weighted by atomic mass is 9.92. The number of hydrogen-bond donors (Lipinski definition) is 1. The number of hydrogen-bond acceptors (Lipinski definition) is 4. The van der Waals surface area contributed by atoms with Crippen LogP contribution in [0.3, 0.4) is 0 Å². The van der Waals surface area contributed by atoms with Crippen molar-refractivity contribution in [3.05, 3.63) is 53.1 Å². The van der Waals surface area contributed by atoms with E-state index in [0.717, 1.165) is 23.3 Å². The van der Waals surface area contributed by atoms with Crippen molar-refractivity contribution in [2.45, 2.75) is 12.5 Å². The van der Waals surface area contributed by atoms with E-state index < -0.39 is 0 Å². The summed E-state index contributed by atoms with van der Waals surface area (Å²) < 4.78 is 16.6. The van der Waals surface area contributed by atoms with Crippen molar-refractivity contribution in [1.82, 2.24) is 0 Å². The van der Waals surface area contributed by atoms with Gasteiger partial charge in [-0.25, -0.2) is 0 Å². The first-order valence-corrected chi connectivity index (χ1v) is 6.88. The van der Waals surface area contributed by atoms with Crippen LogP contribution in [0.1, 0.15) is 22.8 Å². The SMILES string of the molecule is COc1cc2c(cc1OC)C(c1cccc(O)c1)OCC2. The van der Waals surface area contributed by atoms with E-state index in [0.29, 0.717) is 12.4 Å². The van der Waals surface area contributed by atoms with Gasteiger partial charge in [0.05, 0.1) is 20.8 Å². The van der Waals surface area contributed by atoms with Gasteiger partial charge in [0.2, 0.25) is 0 Å². The fourth-order valence-corrected chi connectivity index (χ4v) is 2.74. The van der Waals surface area contributed by atoms with E-state index in [1.807, 2.05) is 24.3 Å². The fourth-order valence-electron chi connectivity index (χ4n) is 2.74. The lowest BCUT2D eigenvalue weighted by Crippen LogP contribution is -2.17. The molecule has 21 heavy (non-hydrogen) atoms. The molecule has 0 fully saturated rings. The van der Waals surface area contributed by atoms with Crippen LogP contribution in [0.15, 0.2) is 36.4 Å². The lowest BCUT2D eigenvalue weighted by Gasteiger charge is -2.27. The highest BCUT2D eigenvalue weighted by Gasteiger charge is 2.25. The zero-order valence-corrected chi connectivity index (χ0v) is 12.1. The van der Waals surface area contributed by atoms with E-state index in [-0.39, 0.29) is 11.9 Å². The third-order valence-electron chi connectivity index (χ3n) is 3.76. The average Bonchev–Trinajstić information content (AvgIpc) is 2.52. The minimum atomic E-state index is -0.194. The third kappa shape index (κ3) is 2.54. The quantitative estimate of drug-likeness (QED) is 0.942. The smallest absolute Gasteiger partial charge is 0.161 e. The normalized spacial score (nSPS) is 17.1. The zero-order valence-electron chi connectivity index (χ0n) is 12.1. The van der Waals surface area contributed by atoms with Crippen LogP contribution in [0.2, 0.25) is 0 Å². The van der Waals surface area contributed by atoms with Gasteiger partial charge in [-0.3, -0.25) is 0 Å². The molecule has 0 radical (unpaired) electrons. The summed E-state index contributed by atoms with van der Waals surface area (Å²) in [7, 11) is 3.26. The molecule has 4 heteroatoms. The first kappa shape index (κ1) is 13.8. The van der Waals surface area contributed by atoms with Gasteiger partial charge in [-0.05, 0) is 47.4 Å². The highest BCUT2D eigenvalue weighted by Crippen LogP contribution is 2.39. The van der Waals surface area contributed by atoms with Crippen LogP contribution >= 0.6 is 0 Å². The van der Waals surface area contributed by atoms with Crippen LogP contribution in [0.25, 0.3) is 0 Å². The first-order chi connectivity index (χ1) is 10.2. The van der Waals surface area contributed by atoms with E-state index in [1.54, 1.807) is 26.4 Å². The van der Waals surface area contributed by atoms with E-state index in [9.17, 15) is 5.11 Å². The highest BCUT2D eigenvalue weighted by atomic mass is 16.5. The molecule has 1 atom stereocenters. The largest absolute Gasteiger partial charge is 0.508 e. The predicted octanol–water partition coefficient (Wildman–Crippen LogP) is 3.07. The van der Waals surface area contributed by atoms with Crippen molar-refractivity contribution in [2.75, 3.05) is 20.8 Å². The average molecular weight is 286 g/mol. The van der Waals surface area contributed by atoms with Crippen LogP contribution in [-0.2, 0) is 11.2 Å². The number of benzene rings is 2. The summed E-state index contributed by atoms with van der Waals surface area (Å²) in [6.07, 6.45) is 0.644. The number of methoxy groups -OCH3 is 2. The molecule has 3 rings (SSSR count). The molecular formula is C17H18O4. The predicted molar refractivity (Wildman–Crippen MR) is 79.2 cm³/mol. The summed E-state index contributed by atoms with van der Waals surface area (Å²) in [4.78, 5) is 0.